The molecular weight excluding hydrogens is 349 g/mol. The maximum absolute atomic E-state index is 12.5. The van der Waals surface area contributed by atoms with Gasteiger partial charge in [-0.1, -0.05) is 6.07 Å². The van der Waals surface area contributed by atoms with E-state index in [1.165, 1.54) is 31.2 Å². The Labute approximate surface area is 147 Å². The van der Waals surface area contributed by atoms with Gasteiger partial charge in [-0.3, -0.25) is 4.79 Å². The first-order valence-corrected chi connectivity index (χ1v) is 7.40. The maximum atomic E-state index is 12.5. The zero-order valence-electron chi connectivity index (χ0n) is 13.5. The Bertz CT molecular complexity index is 855. The molecule has 0 saturated heterocycles. The van der Waals surface area contributed by atoms with Crippen molar-refractivity contribution >= 4 is 17.6 Å². The lowest BCUT2D eigenvalue weighted by Crippen LogP contribution is -2.30. The lowest BCUT2D eigenvalue weighted by atomic mass is 10.1. The number of halogens is 3. The Balaban J connectivity index is 1.99. The van der Waals surface area contributed by atoms with Crippen LogP contribution in [-0.4, -0.2) is 18.0 Å². The van der Waals surface area contributed by atoms with E-state index in [-0.39, 0.29) is 16.8 Å². The molecule has 0 heterocycles. The zero-order chi connectivity index (χ0) is 19.3. The van der Waals surface area contributed by atoms with Gasteiger partial charge in [-0.05, 0) is 49.4 Å². The van der Waals surface area contributed by atoms with E-state index in [9.17, 15) is 22.8 Å². The van der Waals surface area contributed by atoms with Crippen LogP contribution < -0.4 is 5.32 Å². The van der Waals surface area contributed by atoms with Gasteiger partial charge in [-0.2, -0.15) is 18.4 Å². The molecule has 0 saturated carbocycles. The lowest BCUT2D eigenvalue weighted by Gasteiger charge is -2.14. The molecule has 5 nitrogen and oxygen atoms in total. The largest absolute Gasteiger partial charge is 0.449 e. The van der Waals surface area contributed by atoms with Gasteiger partial charge in [0.1, 0.15) is 0 Å². The van der Waals surface area contributed by atoms with E-state index in [1.54, 1.807) is 0 Å². The SMILES string of the molecule is CC(OC(=O)c1cccc(C#N)c1)C(=O)Nc1ccc(C(F)(F)F)cc1. The molecular formula is C18H13F3N2O3. The second kappa shape index (κ2) is 7.70. The highest BCUT2D eigenvalue weighted by atomic mass is 19.4. The lowest BCUT2D eigenvalue weighted by molar-refractivity contribution is -0.137. The van der Waals surface area contributed by atoms with Crippen molar-refractivity contribution in [3.63, 3.8) is 0 Å². The summed E-state index contributed by atoms with van der Waals surface area (Å²) in [5.74, 6) is -1.49. The van der Waals surface area contributed by atoms with Gasteiger partial charge in [0.2, 0.25) is 0 Å². The number of benzene rings is 2. The number of rotatable bonds is 4. The summed E-state index contributed by atoms with van der Waals surface area (Å²) in [5, 5.41) is 11.2. The molecule has 0 fully saturated rings. The summed E-state index contributed by atoms with van der Waals surface area (Å²) in [6.45, 7) is 1.32. The van der Waals surface area contributed by atoms with Crippen molar-refractivity contribution in [2.75, 3.05) is 5.32 Å². The molecule has 134 valence electrons. The second-order valence-electron chi connectivity index (χ2n) is 5.30. The van der Waals surface area contributed by atoms with E-state index in [0.29, 0.717) is 0 Å². The maximum Gasteiger partial charge on any atom is 0.416 e. The van der Waals surface area contributed by atoms with E-state index < -0.39 is 29.7 Å². The molecule has 26 heavy (non-hydrogen) atoms. The van der Waals surface area contributed by atoms with Crippen LogP contribution in [0.25, 0.3) is 0 Å². The molecule has 0 aromatic heterocycles. The van der Waals surface area contributed by atoms with E-state index in [0.717, 1.165) is 24.3 Å². The number of nitriles is 1. The number of ether oxygens (including phenoxy) is 1. The summed E-state index contributed by atoms with van der Waals surface area (Å²) in [5.41, 5.74) is -0.329. The minimum Gasteiger partial charge on any atom is -0.449 e. The quantitative estimate of drug-likeness (QED) is 0.840. The van der Waals surface area contributed by atoms with Crippen LogP contribution in [0.3, 0.4) is 0 Å². The molecule has 1 N–H and O–H groups in total. The van der Waals surface area contributed by atoms with Gasteiger partial charge < -0.3 is 10.1 Å². The zero-order valence-corrected chi connectivity index (χ0v) is 13.5. The van der Waals surface area contributed by atoms with Gasteiger partial charge in [-0.15, -0.1) is 0 Å². The van der Waals surface area contributed by atoms with Crippen molar-refractivity contribution in [3.8, 4) is 6.07 Å². The minimum absolute atomic E-state index is 0.109. The number of nitrogens with zero attached hydrogens (tertiary/aromatic N) is 1. The monoisotopic (exact) mass is 362 g/mol. The van der Waals surface area contributed by atoms with Crippen LogP contribution >= 0.6 is 0 Å². The highest BCUT2D eigenvalue weighted by Crippen LogP contribution is 2.29. The number of alkyl halides is 3. The van der Waals surface area contributed by atoms with Crippen molar-refractivity contribution < 1.29 is 27.5 Å². The third-order valence-electron chi connectivity index (χ3n) is 3.36. The molecule has 2 rings (SSSR count). The summed E-state index contributed by atoms with van der Waals surface area (Å²) >= 11 is 0. The van der Waals surface area contributed by atoms with Gasteiger partial charge >= 0.3 is 12.1 Å². The Morgan fingerprint density at radius 2 is 1.81 bits per heavy atom. The van der Waals surface area contributed by atoms with E-state index in [1.807, 2.05) is 6.07 Å². The molecule has 0 aliphatic rings. The smallest absolute Gasteiger partial charge is 0.416 e. The third-order valence-corrected chi connectivity index (χ3v) is 3.36. The van der Waals surface area contributed by atoms with E-state index in [4.69, 9.17) is 10.00 Å². The second-order valence-corrected chi connectivity index (χ2v) is 5.30. The van der Waals surface area contributed by atoms with Gasteiger partial charge in [0, 0.05) is 5.69 Å². The number of carbonyl (C=O) groups excluding carboxylic acids is 2. The predicted molar refractivity (Wildman–Crippen MR) is 86.1 cm³/mol. The number of carbonyl (C=O) groups is 2. The standard InChI is InChI=1S/C18H13F3N2O3/c1-11(26-17(25)13-4-2-3-12(9-13)10-22)16(24)23-15-7-5-14(6-8-15)18(19,20)21/h2-9,11H,1H3,(H,23,24). The highest BCUT2D eigenvalue weighted by molar-refractivity contribution is 5.97. The molecule has 1 unspecified atom stereocenters. The number of nitrogens with one attached hydrogen (secondary N) is 1. The molecule has 2 aromatic rings. The minimum atomic E-state index is -4.47. The van der Waals surface area contributed by atoms with E-state index in [2.05, 4.69) is 5.32 Å². The van der Waals surface area contributed by atoms with Crippen LogP contribution in [-0.2, 0) is 15.7 Å². The fourth-order valence-electron chi connectivity index (χ4n) is 1.98. The molecule has 0 aliphatic carbocycles. The Hall–Kier alpha value is -3.34. The van der Waals surface area contributed by atoms with Crippen LogP contribution in [0.4, 0.5) is 18.9 Å². The summed E-state index contributed by atoms with van der Waals surface area (Å²) in [6.07, 6.45) is -5.65. The molecule has 8 heteroatoms. The first kappa shape index (κ1) is 19.0. The molecule has 0 spiro atoms. The van der Waals surface area contributed by atoms with Gasteiger partial charge in [0.05, 0.1) is 22.8 Å². The summed E-state index contributed by atoms with van der Waals surface area (Å²) in [4.78, 5) is 24.0. The third kappa shape index (κ3) is 4.83. The fourth-order valence-corrected chi connectivity index (χ4v) is 1.98. The molecule has 2 aromatic carbocycles. The van der Waals surface area contributed by atoms with Crippen LogP contribution in [0.5, 0.6) is 0 Å². The van der Waals surface area contributed by atoms with E-state index >= 15 is 0 Å². The van der Waals surface area contributed by atoms with Crippen LogP contribution in [0.1, 0.15) is 28.4 Å². The van der Waals surface area contributed by atoms with Gasteiger partial charge in [-0.25, -0.2) is 4.79 Å². The average molecular weight is 362 g/mol. The Morgan fingerprint density at radius 1 is 1.15 bits per heavy atom. The van der Waals surface area contributed by atoms with Gasteiger partial charge in [0.15, 0.2) is 6.10 Å². The Morgan fingerprint density at radius 3 is 2.38 bits per heavy atom. The number of hydrogen-bond acceptors (Lipinski definition) is 4. The first-order valence-electron chi connectivity index (χ1n) is 7.40. The van der Waals surface area contributed by atoms with Crippen molar-refractivity contribution in [3.05, 3.63) is 65.2 Å². The number of anilines is 1. The average Bonchev–Trinajstić information content (AvgIpc) is 2.61. The predicted octanol–water partition coefficient (Wildman–Crippen LogP) is 3.76. The van der Waals surface area contributed by atoms with Crippen LogP contribution in [0.2, 0.25) is 0 Å². The normalized spacial score (nSPS) is 12.0. The number of hydrogen-bond donors (Lipinski definition) is 1. The molecule has 0 bridgehead atoms. The van der Waals surface area contributed by atoms with Crippen LogP contribution in [0.15, 0.2) is 48.5 Å². The van der Waals surface area contributed by atoms with Crippen molar-refractivity contribution in [2.45, 2.75) is 19.2 Å². The molecule has 1 amide bonds. The molecule has 0 aliphatic heterocycles. The topological polar surface area (TPSA) is 79.2 Å². The molecule has 0 radical (unpaired) electrons. The Kier molecular flexibility index (Phi) is 5.62. The fraction of sp³-hybridized carbons (Fsp3) is 0.167. The number of amides is 1. The highest BCUT2D eigenvalue weighted by Gasteiger charge is 2.30. The number of esters is 1. The molecule has 1 atom stereocenters. The first-order chi connectivity index (χ1) is 12.2. The summed E-state index contributed by atoms with van der Waals surface area (Å²) in [7, 11) is 0. The van der Waals surface area contributed by atoms with Crippen molar-refractivity contribution in [2.24, 2.45) is 0 Å². The summed E-state index contributed by atoms with van der Waals surface area (Å²) < 4.78 is 42.5. The van der Waals surface area contributed by atoms with Crippen molar-refractivity contribution in [1.29, 1.82) is 5.26 Å². The van der Waals surface area contributed by atoms with Crippen molar-refractivity contribution in [1.82, 2.24) is 0 Å². The van der Waals surface area contributed by atoms with Gasteiger partial charge in [0.25, 0.3) is 5.91 Å². The van der Waals surface area contributed by atoms with Crippen LogP contribution in [0, 0.1) is 11.3 Å². The summed E-state index contributed by atoms with van der Waals surface area (Å²) in [6, 6.07) is 11.5.